The van der Waals surface area contributed by atoms with Gasteiger partial charge < -0.3 is 32.1 Å². The Balaban J connectivity index is 1.41. The number of nitrogens with one attached hydrogen (secondary N) is 3. The number of benzene rings is 1. The molecule has 3 heterocycles. The lowest BCUT2D eigenvalue weighted by molar-refractivity contribution is -0.142. The summed E-state index contributed by atoms with van der Waals surface area (Å²) in [4.78, 5) is 44.6. The van der Waals surface area contributed by atoms with Gasteiger partial charge in [0.1, 0.15) is 11.9 Å². The molecule has 0 radical (unpaired) electrons. The predicted octanol–water partition coefficient (Wildman–Crippen LogP) is 0.196. The monoisotopic (exact) mass is 441 g/mol. The number of carboxylic acid groups (broad SMARTS) is 1. The summed E-state index contributed by atoms with van der Waals surface area (Å²) in [5.41, 5.74) is 13.6. The molecular formula is C21H27N7O4. The summed E-state index contributed by atoms with van der Waals surface area (Å²) in [7, 11) is 0. The van der Waals surface area contributed by atoms with E-state index in [1.54, 1.807) is 6.07 Å². The zero-order valence-corrected chi connectivity index (χ0v) is 17.6. The van der Waals surface area contributed by atoms with Gasteiger partial charge in [-0.05, 0) is 55.5 Å². The number of carbonyl (C=O) groups excluding carboxylic acids is 1. The van der Waals surface area contributed by atoms with Crippen LogP contribution in [0, 0.1) is 5.92 Å². The van der Waals surface area contributed by atoms with Gasteiger partial charge in [-0.2, -0.15) is 4.98 Å². The van der Waals surface area contributed by atoms with Crippen molar-refractivity contribution in [3.8, 4) is 0 Å². The van der Waals surface area contributed by atoms with Gasteiger partial charge in [0.05, 0.1) is 5.56 Å². The average molecular weight is 441 g/mol. The zero-order valence-electron chi connectivity index (χ0n) is 17.6. The van der Waals surface area contributed by atoms with Crippen molar-refractivity contribution in [1.29, 1.82) is 0 Å². The molecule has 4 rings (SSSR count). The maximum absolute atomic E-state index is 12.8. The smallest absolute Gasteiger partial charge is 0.326 e. The number of aliphatic carboxylic acids is 1. The van der Waals surface area contributed by atoms with E-state index in [9.17, 15) is 19.5 Å². The first-order valence-corrected chi connectivity index (χ1v) is 10.6. The molecule has 11 heteroatoms. The molecule has 32 heavy (non-hydrogen) atoms. The van der Waals surface area contributed by atoms with Gasteiger partial charge in [-0.25, -0.2) is 4.79 Å². The number of amides is 1. The van der Waals surface area contributed by atoms with E-state index >= 15 is 0 Å². The van der Waals surface area contributed by atoms with Gasteiger partial charge in [-0.3, -0.25) is 14.6 Å². The van der Waals surface area contributed by atoms with E-state index in [0.717, 1.165) is 11.3 Å². The summed E-state index contributed by atoms with van der Waals surface area (Å²) < 4.78 is 0. The summed E-state index contributed by atoms with van der Waals surface area (Å²) in [6.45, 7) is 1.89. The van der Waals surface area contributed by atoms with Crippen LogP contribution in [0.1, 0.15) is 34.3 Å². The van der Waals surface area contributed by atoms with E-state index < -0.39 is 12.0 Å². The molecule has 0 spiro atoms. The van der Waals surface area contributed by atoms with Crippen molar-refractivity contribution in [2.24, 2.45) is 11.7 Å². The molecule has 2 aromatic rings. The fourth-order valence-electron chi connectivity index (χ4n) is 4.29. The van der Waals surface area contributed by atoms with E-state index in [1.165, 1.54) is 4.90 Å². The molecule has 0 bridgehead atoms. The van der Waals surface area contributed by atoms with Crippen molar-refractivity contribution < 1.29 is 14.7 Å². The second-order valence-electron chi connectivity index (χ2n) is 8.20. The molecule has 0 saturated heterocycles. The standard InChI is InChI=1S/C21H27N7O4/c22-5-1-2-16(20(31)32)28-10-12-7-13(3-4-14(12)19(28)30)24-8-11-6-15-17(25-9-11)26-21(23)27-18(15)29/h3-4,7,11,16,24H,1-2,5-6,8-10,22H2,(H,31,32)(H4,23,25,26,27,29)/t11-,16-/m0/s1. The van der Waals surface area contributed by atoms with Gasteiger partial charge in [-0.15, -0.1) is 0 Å². The highest BCUT2D eigenvalue weighted by atomic mass is 16.4. The minimum Gasteiger partial charge on any atom is -0.480 e. The number of hydrogen-bond acceptors (Lipinski definition) is 8. The van der Waals surface area contributed by atoms with E-state index in [1.807, 2.05) is 12.1 Å². The summed E-state index contributed by atoms with van der Waals surface area (Å²) in [6.07, 6.45) is 1.43. The normalized spacial score (nSPS) is 18.0. The molecule has 0 aliphatic carbocycles. The minimum absolute atomic E-state index is 0.0905. The zero-order chi connectivity index (χ0) is 22.8. The topological polar surface area (TPSA) is 179 Å². The Morgan fingerprint density at radius 1 is 1.38 bits per heavy atom. The van der Waals surface area contributed by atoms with E-state index in [4.69, 9.17) is 11.5 Å². The molecule has 1 aromatic heterocycles. The molecular weight excluding hydrogens is 414 g/mol. The molecule has 0 unspecified atom stereocenters. The SMILES string of the molecule is NCCC[C@@H](C(=O)O)N1Cc2cc(NC[C@H]3CNc4nc(N)[nH]c(=O)c4C3)ccc2C1=O. The van der Waals surface area contributed by atoms with Crippen molar-refractivity contribution in [3.05, 3.63) is 45.2 Å². The third-order valence-electron chi connectivity index (χ3n) is 5.96. The van der Waals surface area contributed by atoms with Gasteiger partial charge in [0.15, 0.2) is 0 Å². The van der Waals surface area contributed by atoms with Crippen LogP contribution in [-0.2, 0) is 17.8 Å². The third-order valence-corrected chi connectivity index (χ3v) is 5.96. The van der Waals surface area contributed by atoms with Crippen LogP contribution in [0.5, 0.6) is 0 Å². The Bertz CT molecular complexity index is 1100. The van der Waals surface area contributed by atoms with Crippen molar-refractivity contribution in [3.63, 3.8) is 0 Å². The van der Waals surface area contributed by atoms with Crippen LogP contribution in [0.2, 0.25) is 0 Å². The number of anilines is 3. The Morgan fingerprint density at radius 2 is 2.19 bits per heavy atom. The van der Waals surface area contributed by atoms with Crippen LogP contribution in [0.25, 0.3) is 0 Å². The fraction of sp³-hybridized carbons (Fsp3) is 0.429. The number of nitrogens with two attached hydrogens (primary N) is 2. The number of nitrogens with zero attached hydrogens (tertiary/aromatic N) is 2. The summed E-state index contributed by atoms with van der Waals surface area (Å²) in [6, 6.07) is 4.54. The summed E-state index contributed by atoms with van der Waals surface area (Å²) in [5.74, 6) is -0.508. The molecule has 11 nitrogen and oxygen atoms in total. The molecule has 0 saturated carbocycles. The van der Waals surface area contributed by atoms with Gasteiger partial charge in [0.25, 0.3) is 11.5 Å². The number of aromatic nitrogens is 2. The lowest BCUT2D eigenvalue weighted by Crippen LogP contribution is -2.41. The number of carboxylic acids is 1. The predicted molar refractivity (Wildman–Crippen MR) is 119 cm³/mol. The molecule has 2 aliphatic rings. The Labute approximate surface area is 184 Å². The summed E-state index contributed by atoms with van der Waals surface area (Å²) in [5, 5.41) is 16.1. The van der Waals surface area contributed by atoms with Crippen molar-refractivity contribution in [1.82, 2.24) is 14.9 Å². The highest BCUT2D eigenvalue weighted by Gasteiger charge is 2.36. The second kappa shape index (κ2) is 8.87. The van der Waals surface area contributed by atoms with Crippen molar-refractivity contribution in [2.45, 2.75) is 31.8 Å². The van der Waals surface area contributed by atoms with Gasteiger partial charge in [-0.1, -0.05) is 0 Å². The van der Waals surface area contributed by atoms with E-state index in [0.29, 0.717) is 55.8 Å². The van der Waals surface area contributed by atoms with E-state index in [-0.39, 0.29) is 29.9 Å². The first-order valence-electron chi connectivity index (χ1n) is 10.6. The lowest BCUT2D eigenvalue weighted by atomic mass is 9.96. The van der Waals surface area contributed by atoms with Gasteiger partial charge in [0.2, 0.25) is 5.95 Å². The maximum atomic E-state index is 12.8. The molecule has 1 aromatic carbocycles. The molecule has 170 valence electrons. The van der Waals surface area contributed by atoms with Gasteiger partial charge >= 0.3 is 5.97 Å². The van der Waals surface area contributed by atoms with Crippen molar-refractivity contribution >= 4 is 29.3 Å². The number of H-pyrrole nitrogens is 1. The maximum Gasteiger partial charge on any atom is 0.326 e. The Hall–Kier alpha value is -3.60. The lowest BCUT2D eigenvalue weighted by Gasteiger charge is -2.25. The van der Waals surface area contributed by atoms with Gasteiger partial charge in [0, 0.05) is 30.9 Å². The van der Waals surface area contributed by atoms with Crippen LogP contribution in [0.4, 0.5) is 17.5 Å². The fourth-order valence-corrected chi connectivity index (χ4v) is 4.29. The average Bonchev–Trinajstić information content (AvgIpc) is 3.08. The summed E-state index contributed by atoms with van der Waals surface area (Å²) >= 11 is 0. The number of hydrogen-bond donors (Lipinski definition) is 6. The van der Waals surface area contributed by atoms with Crippen molar-refractivity contribution in [2.75, 3.05) is 36.0 Å². The Kier molecular flexibility index (Phi) is 5.99. The molecule has 0 fully saturated rings. The highest BCUT2D eigenvalue weighted by Crippen LogP contribution is 2.29. The number of nitrogen functional groups attached to an aromatic ring is 1. The third kappa shape index (κ3) is 4.24. The number of aromatic amines is 1. The molecule has 2 atom stereocenters. The van der Waals surface area contributed by atoms with Crippen LogP contribution in [0.3, 0.4) is 0 Å². The van der Waals surface area contributed by atoms with Crippen LogP contribution < -0.4 is 27.7 Å². The van der Waals surface area contributed by atoms with Crippen LogP contribution >= 0.6 is 0 Å². The number of fused-ring (bicyclic) bond motifs is 2. The quantitative estimate of drug-likeness (QED) is 0.333. The highest BCUT2D eigenvalue weighted by molar-refractivity contribution is 6.00. The minimum atomic E-state index is -1.02. The molecule has 2 aliphatic heterocycles. The van der Waals surface area contributed by atoms with Crippen LogP contribution in [-0.4, -0.2) is 57.5 Å². The first kappa shape index (κ1) is 21.6. The second-order valence-corrected chi connectivity index (χ2v) is 8.20. The number of carbonyl (C=O) groups is 2. The van der Waals surface area contributed by atoms with E-state index in [2.05, 4.69) is 20.6 Å². The molecule has 1 amide bonds. The first-order chi connectivity index (χ1) is 15.4. The largest absolute Gasteiger partial charge is 0.480 e. The Morgan fingerprint density at radius 3 is 2.94 bits per heavy atom. The molecule has 8 N–H and O–H groups in total. The number of rotatable bonds is 8. The van der Waals surface area contributed by atoms with Crippen LogP contribution in [0.15, 0.2) is 23.0 Å².